The highest BCUT2D eigenvalue weighted by atomic mass is 35.5. The molecule has 4 nitrogen and oxygen atoms in total. The largest absolute Gasteiger partial charge is 0.322 e. The molecule has 2 amide bonds. The number of rotatable bonds is 2. The number of hydrogen-bond donors (Lipinski definition) is 2. The Bertz CT molecular complexity index is 433. The Hall–Kier alpha value is -1.26. The fourth-order valence-corrected chi connectivity index (χ4v) is 2.43. The molecular weight excluding hydrogens is 262 g/mol. The number of anilines is 1. The number of urea groups is 1. The van der Waals surface area contributed by atoms with Crippen molar-refractivity contribution in [3.63, 3.8) is 0 Å². The number of nitrogens with zero attached hydrogens (tertiary/aromatic N) is 1. The third-order valence-corrected chi connectivity index (χ3v) is 3.66. The van der Waals surface area contributed by atoms with Crippen molar-refractivity contribution in [1.82, 2.24) is 10.2 Å². The molecule has 104 valence electrons. The van der Waals surface area contributed by atoms with Gasteiger partial charge in [-0.05, 0) is 30.2 Å². The third kappa shape index (κ3) is 3.61. The Morgan fingerprint density at radius 2 is 2.11 bits per heavy atom. The van der Waals surface area contributed by atoms with Crippen LogP contribution in [0.4, 0.5) is 10.5 Å². The summed E-state index contributed by atoms with van der Waals surface area (Å²) in [7, 11) is 0. The van der Waals surface area contributed by atoms with Gasteiger partial charge in [0.05, 0.1) is 0 Å². The summed E-state index contributed by atoms with van der Waals surface area (Å²) in [6.07, 6.45) is 0. The van der Waals surface area contributed by atoms with Crippen LogP contribution in [0.3, 0.4) is 0 Å². The van der Waals surface area contributed by atoms with E-state index in [2.05, 4.69) is 24.5 Å². The number of piperazine rings is 1. The Balaban J connectivity index is 2.03. The first-order valence-electron chi connectivity index (χ1n) is 6.62. The minimum Gasteiger partial charge on any atom is -0.319 e. The minimum absolute atomic E-state index is 0.0393. The van der Waals surface area contributed by atoms with Gasteiger partial charge in [0.25, 0.3) is 0 Å². The molecule has 1 saturated heterocycles. The van der Waals surface area contributed by atoms with E-state index in [-0.39, 0.29) is 12.1 Å². The Morgan fingerprint density at radius 3 is 2.74 bits per heavy atom. The maximum atomic E-state index is 12.3. The number of amides is 2. The van der Waals surface area contributed by atoms with Gasteiger partial charge < -0.3 is 15.5 Å². The molecule has 19 heavy (non-hydrogen) atoms. The van der Waals surface area contributed by atoms with Crippen LogP contribution < -0.4 is 10.6 Å². The first kappa shape index (κ1) is 14.2. The van der Waals surface area contributed by atoms with Crippen LogP contribution in [-0.4, -0.2) is 36.6 Å². The molecule has 1 unspecified atom stereocenters. The topological polar surface area (TPSA) is 44.4 Å². The molecule has 0 spiro atoms. The molecule has 0 radical (unpaired) electrons. The molecule has 0 bridgehead atoms. The van der Waals surface area contributed by atoms with Crippen molar-refractivity contribution in [2.75, 3.05) is 25.0 Å². The van der Waals surface area contributed by atoms with Gasteiger partial charge in [-0.25, -0.2) is 4.79 Å². The van der Waals surface area contributed by atoms with E-state index in [0.717, 1.165) is 25.3 Å². The summed E-state index contributed by atoms with van der Waals surface area (Å²) in [5, 5.41) is 6.92. The zero-order chi connectivity index (χ0) is 13.8. The monoisotopic (exact) mass is 281 g/mol. The average Bonchev–Trinajstić information content (AvgIpc) is 2.41. The zero-order valence-corrected chi connectivity index (χ0v) is 12.1. The maximum Gasteiger partial charge on any atom is 0.322 e. The van der Waals surface area contributed by atoms with Crippen LogP contribution in [0.25, 0.3) is 0 Å². The lowest BCUT2D eigenvalue weighted by Gasteiger charge is -2.38. The lowest BCUT2D eigenvalue weighted by molar-refractivity contribution is 0.147. The number of hydrogen-bond acceptors (Lipinski definition) is 2. The van der Waals surface area contributed by atoms with Gasteiger partial charge in [-0.15, -0.1) is 0 Å². The van der Waals surface area contributed by atoms with E-state index >= 15 is 0 Å². The third-order valence-electron chi connectivity index (χ3n) is 3.41. The predicted octanol–water partition coefficient (Wildman–Crippen LogP) is 2.80. The summed E-state index contributed by atoms with van der Waals surface area (Å²) in [5.74, 6) is 0.434. The van der Waals surface area contributed by atoms with E-state index in [9.17, 15) is 4.79 Å². The molecule has 2 rings (SSSR count). The SMILES string of the molecule is CC(C)C1CNCCN1C(=O)Nc1ccc(Cl)cc1. The van der Waals surface area contributed by atoms with E-state index in [1.165, 1.54) is 0 Å². The molecule has 2 N–H and O–H groups in total. The van der Waals surface area contributed by atoms with Crippen LogP contribution in [0.5, 0.6) is 0 Å². The van der Waals surface area contributed by atoms with E-state index in [1.54, 1.807) is 12.1 Å². The van der Waals surface area contributed by atoms with Crippen molar-refractivity contribution in [3.05, 3.63) is 29.3 Å². The van der Waals surface area contributed by atoms with Crippen molar-refractivity contribution in [1.29, 1.82) is 0 Å². The summed E-state index contributed by atoms with van der Waals surface area (Å²) < 4.78 is 0. The Morgan fingerprint density at radius 1 is 1.42 bits per heavy atom. The Kier molecular flexibility index (Phi) is 4.66. The summed E-state index contributed by atoms with van der Waals surface area (Å²) >= 11 is 5.83. The van der Waals surface area contributed by atoms with Crippen molar-refractivity contribution in [3.8, 4) is 0 Å². The highest BCUT2D eigenvalue weighted by Gasteiger charge is 2.28. The lowest BCUT2D eigenvalue weighted by atomic mass is 10.0. The number of benzene rings is 1. The predicted molar refractivity (Wildman–Crippen MR) is 78.7 cm³/mol. The van der Waals surface area contributed by atoms with Crippen LogP contribution >= 0.6 is 11.6 Å². The van der Waals surface area contributed by atoms with E-state index in [4.69, 9.17) is 11.6 Å². The Labute approximate surface area is 119 Å². The van der Waals surface area contributed by atoms with Crippen molar-refractivity contribution >= 4 is 23.3 Å². The van der Waals surface area contributed by atoms with E-state index < -0.39 is 0 Å². The van der Waals surface area contributed by atoms with Crippen LogP contribution in [0.1, 0.15) is 13.8 Å². The van der Waals surface area contributed by atoms with E-state index in [0.29, 0.717) is 10.9 Å². The van der Waals surface area contributed by atoms with Gasteiger partial charge >= 0.3 is 6.03 Å². The molecule has 0 aliphatic carbocycles. The number of nitrogens with one attached hydrogen (secondary N) is 2. The quantitative estimate of drug-likeness (QED) is 0.875. The van der Waals surface area contributed by atoms with Crippen LogP contribution in [-0.2, 0) is 0 Å². The molecule has 1 aromatic carbocycles. The molecule has 1 aliphatic rings. The first-order valence-corrected chi connectivity index (χ1v) is 6.99. The first-order chi connectivity index (χ1) is 9.08. The summed E-state index contributed by atoms with van der Waals surface area (Å²) in [5.41, 5.74) is 0.774. The second kappa shape index (κ2) is 6.26. The highest BCUT2D eigenvalue weighted by molar-refractivity contribution is 6.30. The second-order valence-electron chi connectivity index (χ2n) is 5.15. The molecule has 0 aromatic heterocycles. The molecule has 1 aromatic rings. The van der Waals surface area contributed by atoms with Gasteiger partial charge in [0.2, 0.25) is 0 Å². The standard InChI is InChI=1S/C14H20ClN3O/c1-10(2)13-9-16-7-8-18(13)14(19)17-12-5-3-11(15)4-6-12/h3-6,10,13,16H,7-9H2,1-2H3,(H,17,19). The zero-order valence-electron chi connectivity index (χ0n) is 11.3. The molecular formula is C14H20ClN3O. The smallest absolute Gasteiger partial charge is 0.319 e. The fraction of sp³-hybridized carbons (Fsp3) is 0.500. The van der Waals surface area contributed by atoms with Gasteiger partial charge in [0, 0.05) is 36.4 Å². The molecule has 1 aliphatic heterocycles. The summed E-state index contributed by atoms with van der Waals surface area (Å²) in [6.45, 7) is 6.71. The van der Waals surface area contributed by atoms with Crippen LogP contribution in [0, 0.1) is 5.92 Å². The maximum absolute atomic E-state index is 12.3. The van der Waals surface area contributed by atoms with E-state index in [1.807, 2.05) is 17.0 Å². The number of carbonyl (C=O) groups excluding carboxylic acids is 1. The lowest BCUT2D eigenvalue weighted by Crippen LogP contribution is -2.56. The minimum atomic E-state index is -0.0393. The summed E-state index contributed by atoms with van der Waals surface area (Å²) in [6, 6.07) is 7.37. The summed E-state index contributed by atoms with van der Waals surface area (Å²) in [4.78, 5) is 14.2. The molecule has 1 heterocycles. The highest BCUT2D eigenvalue weighted by Crippen LogP contribution is 2.17. The normalized spacial score (nSPS) is 19.6. The number of carbonyl (C=O) groups is 1. The average molecular weight is 282 g/mol. The molecule has 1 fully saturated rings. The fourth-order valence-electron chi connectivity index (χ4n) is 2.30. The van der Waals surface area contributed by atoms with Crippen LogP contribution in [0.2, 0.25) is 5.02 Å². The van der Waals surface area contributed by atoms with Gasteiger partial charge in [0.15, 0.2) is 0 Å². The van der Waals surface area contributed by atoms with Gasteiger partial charge in [-0.2, -0.15) is 0 Å². The van der Waals surface area contributed by atoms with Crippen molar-refractivity contribution < 1.29 is 4.79 Å². The van der Waals surface area contributed by atoms with Crippen molar-refractivity contribution in [2.45, 2.75) is 19.9 Å². The second-order valence-corrected chi connectivity index (χ2v) is 5.58. The van der Waals surface area contributed by atoms with Gasteiger partial charge in [0.1, 0.15) is 0 Å². The molecule has 5 heteroatoms. The van der Waals surface area contributed by atoms with Crippen molar-refractivity contribution in [2.24, 2.45) is 5.92 Å². The van der Waals surface area contributed by atoms with Crippen LogP contribution in [0.15, 0.2) is 24.3 Å². The van der Waals surface area contributed by atoms with Gasteiger partial charge in [-0.1, -0.05) is 25.4 Å². The molecule has 1 atom stereocenters. The molecule has 0 saturated carbocycles. The number of halogens is 1. The van der Waals surface area contributed by atoms with Gasteiger partial charge in [-0.3, -0.25) is 0 Å².